The fourth-order valence-corrected chi connectivity index (χ4v) is 2.50. The molecule has 0 radical (unpaired) electrons. The molecule has 0 N–H and O–H groups in total. The lowest BCUT2D eigenvalue weighted by molar-refractivity contribution is 0.0924. The molecular weight excluding hydrogens is 361 g/mol. The molecule has 0 spiro atoms. The van der Waals surface area contributed by atoms with Crippen LogP contribution in [0.25, 0.3) is 0 Å². The van der Waals surface area contributed by atoms with Gasteiger partial charge in [0.1, 0.15) is 0 Å². The number of hydrogen-bond acceptors (Lipinski definition) is 2. The second kappa shape index (κ2) is 5.21. The summed E-state index contributed by atoms with van der Waals surface area (Å²) in [7, 11) is 0. The van der Waals surface area contributed by atoms with E-state index in [0.29, 0.717) is 4.90 Å². The van der Waals surface area contributed by atoms with Crippen LogP contribution in [0.3, 0.4) is 0 Å². The molecule has 9 heteroatoms. The first-order valence-electron chi connectivity index (χ1n) is 5.95. The Morgan fingerprint density at radius 1 is 0.739 bits per heavy atom. The van der Waals surface area contributed by atoms with Crippen molar-refractivity contribution < 1.29 is 27.2 Å². The quantitative estimate of drug-likeness (QED) is 0.327. The van der Waals surface area contributed by atoms with Crippen molar-refractivity contribution in [1.29, 1.82) is 0 Å². The van der Waals surface area contributed by atoms with Crippen LogP contribution in [0, 0.1) is 23.3 Å². The minimum Gasteiger partial charge on any atom is -0.268 e. The average molecular weight is 364 g/mol. The highest BCUT2D eigenvalue weighted by atomic mass is 35.5. The summed E-state index contributed by atoms with van der Waals surface area (Å²) in [5, 5.41) is 0.0838. The number of hydrogen-bond donors (Lipinski definition) is 0. The van der Waals surface area contributed by atoms with Gasteiger partial charge in [0.15, 0.2) is 23.3 Å². The number of amides is 2. The van der Waals surface area contributed by atoms with Crippen molar-refractivity contribution in [3.05, 3.63) is 62.6 Å². The lowest BCUT2D eigenvalue weighted by atomic mass is 10.1. The number of rotatable bonds is 1. The molecule has 3 rings (SSSR count). The van der Waals surface area contributed by atoms with Gasteiger partial charge in [0.05, 0.1) is 26.9 Å². The van der Waals surface area contributed by atoms with Crippen molar-refractivity contribution in [2.24, 2.45) is 0 Å². The molecule has 0 fully saturated rings. The van der Waals surface area contributed by atoms with E-state index < -0.39 is 46.2 Å². The van der Waals surface area contributed by atoms with E-state index in [1.54, 1.807) is 0 Å². The summed E-state index contributed by atoms with van der Waals surface area (Å²) < 4.78 is 54.1. The first kappa shape index (κ1) is 15.8. The highest BCUT2D eigenvalue weighted by molar-refractivity contribution is 6.42. The smallest absolute Gasteiger partial charge is 0.268 e. The van der Waals surface area contributed by atoms with E-state index in [2.05, 4.69) is 0 Å². The summed E-state index contributed by atoms with van der Waals surface area (Å²) in [6.45, 7) is 0. The predicted molar refractivity (Wildman–Crippen MR) is 73.9 cm³/mol. The average Bonchev–Trinajstić information content (AvgIpc) is 2.77. The van der Waals surface area contributed by atoms with E-state index in [1.807, 2.05) is 0 Å². The molecule has 2 amide bonds. The van der Waals surface area contributed by atoms with Crippen LogP contribution in [0.4, 0.5) is 23.2 Å². The Kier molecular flexibility index (Phi) is 3.57. The summed E-state index contributed by atoms with van der Waals surface area (Å²) in [5.74, 6) is -10.9. The molecule has 23 heavy (non-hydrogen) atoms. The number of fused-ring (bicyclic) bond motifs is 1. The number of imide groups is 1. The molecule has 0 aliphatic carbocycles. The molecule has 1 aliphatic rings. The maximum absolute atomic E-state index is 13.8. The molecule has 0 unspecified atom stereocenters. The molecule has 0 atom stereocenters. The Bertz CT molecular complexity index is 854. The Morgan fingerprint density at radius 3 is 1.65 bits per heavy atom. The van der Waals surface area contributed by atoms with Crippen LogP contribution < -0.4 is 4.90 Å². The van der Waals surface area contributed by atoms with Crippen molar-refractivity contribution in [3.63, 3.8) is 0 Å². The minimum atomic E-state index is -2.17. The van der Waals surface area contributed by atoms with Gasteiger partial charge in [-0.3, -0.25) is 9.59 Å². The number of anilines is 1. The lowest BCUT2D eigenvalue weighted by Gasteiger charge is -2.14. The van der Waals surface area contributed by atoms with Crippen molar-refractivity contribution in [2.75, 3.05) is 4.90 Å². The third-order valence-electron chi connectivity index (χ3n) is 3.26. The topological polar surface area (TPSA) is 37.4 Å². The largest absolute Gasteiger partial charge is 0.269 e. The summed E-state index contributed by atoms with van der Waals surface area (Å²) >= 11 is 11.5. The van der Waals surface area contributed by atoms with Crippen molar-refractivity contribution in [3.8, 4) is 0 Å². The van der Waals surface area contributed by atoms with Crippen molar-refractivity contribution in [1.82, 2.24) is 0 Å². The van der Waals surface area contributed by atoms with E-state index >= 15 is 0 Å². The summed E-state index contributed by atoms with van der Waals surface area (Å²) in [6.07, 6.45) is 0. The summed E-state index contributed by atoms with van der Waals surface area (Å²) in [5.41, 5.74) is -2.49. The maximum atomic E-state index is 13.8. The lowest BCUT2D eigenvalue weighted by Crippen LogP contribution is -2.29. The molecule has 118 valence electrons. The number of carbonyl (C=O) groups excluding carboxylic acids is 2. The van der Waals surface area contributed by atoms with Gasteiger partial charge < -0.3 is 0 Å². The van der Waals surface area contributed by atoms with Crippen LogP contribution >= 0.6 is 23.2 Å². The van der Waals surface area contributed by atoms with Gasteiger partial charge in [-0.25, -0.2) is 22.5 Å². The van der Waals surface area contributed by atoms with Gasteiger partial charge in [-0.1, -0.05) is 23.2 Å². The van der Waals surface area contributed by atoms with Gasteiger partial charge in [-0.2, -0.15) is 0 Å². The summed E-state index contributed by atoms with van der Waals surface area (Å²) in [4.78, 5) is 24.7. The second-order valence-electron chi connectivity index (χ2n) is 4.55. The van der Waals surface area contributed by atoms with E-state index in [1.165, 1.54) is 12.1 Å². The molecule has 3 nitrogen and oxygen atoms in total. The molecule has 1 heterocycles. The highest BCUT2D eigenvalue weighted by Gasteiger charge is 2.44. The fourth-order valence-electron chi connectivity index (χ4n) is 2.21. The predicted octanol–water partition coefficient (Wildman–Crippen LogP) is 4.35. The van der Waals surface area contributed by atoms with Crippen LogP contribution in [-0.2, 0) is 0 Å². The summed E-state index contributed by atoms with van der Waals surface area (Å²) in [6, 6.07) is 3.54. The van der Waals surface area contributed by atoms with Gasteiger partial charge in [0.25, 0.3) is 11.8 Å². The van der Waals surface area contributed by atoms with Crippen LogP contribution in [0.2, 0.25) is 10.0 Å². The normalized spacial score (nSPS) is 13.7. The number of halogens is 6. The standard InChI is InChI=1S/C14H3Cl2F4NO2/c15-5-2-1-4(3-6(5)16)21-13(22)7-8(14(21)23)10(18)12(20)11(19)9(7)17/h1-3H. The van der Waals surface area contributed by atoms with Crippen LogP contribution in [0.5, 0.6) is 0 Å². The monoisotopic (exact) mass is 363 g/mol. The molecule has 0 bridgehead atoms. The van der Waals surface area contributed by atoms with Crippen LogP contribution in [0.1, 0.15) is 20.7 Å². The highest BCUT2D eigenvalue weighted by Crippen LogP contribution is 2.36. The number of nitrogens with zero attached hydrogens (tertiary/aromatic N) is 1. The third kappa shape index (κ3) is 2.11. The molecule has 0 aromatic heterocycles. The van der Waals surface area contributed by atoms with Gasteiger partial charge >= 0.3 is 0 Å². The van der Waals surface area contributed by atoms with Crippen molar-refractivity contribution >= 4 is 40.7 Å². The minimum absolute atomic E-state index is 0.0287. The van der Waals surface area contributed by atoms with Crippen LogP contribution in [0.15, 0.2) is 18.2 Å². The fraction of sp³-hybridized carbons (Fsp3) is 0. The number of carbonyl (C=O) groups is 2. The zero-order valence-corrected chi connectivity index (χ0v) is 12.3. The molecule has 0 saturated carbocycles. The molecule has 0 saturated heterocycles. The zero-order chi connectivity index (χ0) is 17.0. The van der Waals surface area contributed by atoms with E-state index in [4.69, 9.17) is 23.2 Å². The van der Waals surface area contributed by atoms with Gasteiger partial charge in [-0.05, 0) is 18.2 Å². The molecule has 2 aromatic carbocycles. The van der Waals surface area contributed by atoms with Crippen molar-refractivity contribution in [2.45, 2.75) is 0 Å². The molecular formula is C14H3Cl2F4NO2. The Morgan fingerprint density at radius 2 is 1.22 bits per heavy atom. The Balaban J connectivity index is 2.24. The Labute approximate surface area is 136 Å². The SMILES string of the molecule is O=C1c2c(F)c(F)c(F)c(F)c2C(=O)N1c1ccc(Cl)c(Cl)c1. The molecule has 1 aliphatic heterocycles. The van der Waals surface area contributed by atoms with E-state index in [9.17, 15) is 27.2 Å². The maximum Gasteiger partial charge on any atom is 0.269 e. The second-order valence-corrected chi connectivity index (χ2v) is 5.36. The van der Waals surface area contributed by atoms with Gasteiger partial charge in [-0.15, -0.1) is 0 Å². The van der Waals surface area contributed by atoms with E-state index in [-0.39, 0.29) is 15.7 Å². The zero-order valence-electron chi connectivity index (χ0n) is 10.8. The van der Waals surface area contributed by atoms with Crippen LogP contribution in [-0.4, -0.2) is 11.8 Å². The van der Waals surface area contributed by atoms with Gasteiger partial charge in [0.2, 0.25) is 0 Å². The Hall–Kier alpha value is -2.12. The van der Waals surface area contributed by atoms with E-state index in [0.717, 1.165) is 6.07 Å². The number of benzene rings is 2. The first-order chi connectivity index (χ1) is 10.8. The third-order valence-corrected chi connectivity index (χ3v) is 4.00. The van der Waals surface area contributed by atoms with Gasteiger partial charge in [0, 0.05) is 0 Å². The molecule has 2 aromatic rings. The first-order valence-corrected chi connectivity index (χ1v) is 6.71.